The van der Waals surface area contributed by atoms with Gasteiger partial charge in [-0.3, -0.25) is 0 Å². The van der Waals surface area contributed by atoms with E-state index in [-0.39, 0.29) is 0 Å². The summed E-state index contributed by atoms with van der Waals surface area (Å²) < 4.78 is 11.3. The fraction of sp³-hybridized carbons (Fsp3) is 1.00. The van der Waals surface area contributed by atoms with Gasteiger partial charge in [-0.05, 0) is 70.6 Å². The largest absolute Gasteiger partial charge is 0.384 e. The SMILES string of the molecule is CCN1CC[C@@H](COC(C)CCCN2CCC(COC)C2)C1. The predicted molar refractivity (Wildman–Crippen MR) is 91.3 cm³/mol. The van der Waals surface area contributed by atoms with Crippen LogP contribution in [0.1, 0.15) is 39.5 Å². The second kappa shape index (κ2) is 9.86. The van der Waals surface area contributed by atoms with Crippen LogP contribution in [0.2, 0.25) is 0 Å². The zero-order valence-electron chi connectivity index (χ0n) is 14.9. The molecule has 0 bridgehead atoms. The second-order valence-corrected chi connectivity index (χ2v) is 7.24. The average Bonchev–Trinajstić information content (AvgIpc) is 3.15. The first kappa shape index (κ1) is 18.2. The molecule has 2 heterocycles. The van der Waals surface area contributed by atoms with Crippen LogP contribution in [0.5, 0.6) is 0 Å². The van der Waals surface area contributed by atoms with E-state index in [1.165, 1.54) is 65.0 Å². The van der Waals surface area contributed by atoms with Crippen LogP contribution in [-0.4, -0.2) is 75.5 Å². The fourth-order valence-corrected chi connectivity index (χ4v) is 3.81. The van der Waals surface area contributed by atoms with Gasteiger partial charge in [0.25, 0.3) is 0 Å². The molecule has 0 amide bonds. The van der Waals surface area contributed by atoms with Crippen LogP contribution in [0.4, 0.5) is 0 Å². The Morgan fingerprint density at radius 1 is 1.05 bits per heavy atom. The highest BCUT2D eigenvalue weighted by Gasteiger charge is 2.23. The molecule has 0 aliphatic carbocycles. The van der Waals surface area contributed by atoms with Gasteiger partial charge >= 0.3 is 0 Å². The third-order valence-electron chi connectivity index (χ3n) is 5.29. The molecule has 0 N–H and O–H groups in total. The van der Waals surface area contributed by atoms with Crippen molar-refractivity contribution in [2.24, 2.45) is 11.8 Å². The highest BCUT2D eigenvalue weighted by atomic mass is 16.5. The summed E-state index contributed by atoms with van der Waals surface area (Å²) in [7, 11) is 1.81. The minimum Gasteiger partial charge on any atom is -0.384 e. The Labute approximate surface area is 137 Å². The van der Waals surface area contributed by atoms with Crippen molar-refractivity contribution >= 4 is 0 Å². The van der Waals surface area contributed by atoms with Crippen LogP contribution in [-0.2, 0) is 9.47 Å². The number of hydrogen-bond acceptors (Lipinski definition) is 4. The van der Waals surface area contributed by atoms with Gasteiger partial charge < -0.3 is 19.3 Å². The monoisotopic (exact) mass is 312 g/mol. The predicted octanol–water partition coefficient (Wildman–Crippen LogP) is 2.48. The molecule has 4 heteroatoms. The molecule has 0 aromatic heterocycles. The Kier molecular flexibility index (Phi) is 8.15. The van der Waals surface area contributed by atoms with Gasteiger partial charge in [0.1, 0.15) is 0 Å². The van der Waals surface area contributed by atoms with Gasteiger partial charge in [0.05, 0.1) is 19.3 Å². The number of methoxy groups -OCH3 is 1. The Hall–Kier alpha value is -0.160. The summed E-state index contributed by atoms with van der Waals surface area (Å²) in [5, 5.41) is 0. The Morgan fingerprint density at radius 2 is 1.73 bits per heavy atom. The van der Waals surface area contributed by atoms with Crippen LogP contribution in [0, 0.1) is 11.8 Å². The summed E-state index contributed by atoms with van der Waals surface area (Å²) in [5.74, 6) is 1.51. The lowest BCUT2D eigenvalue weighted by atomic mass is 10.1. The maximum atomic E-state index is 6.08. The van der Waals surface area contributed by atoms with Crippen LogP contribution >= 0.6 is 0 Å². The van der Waals surface area contributed by atoms with Gasteiger partial charge in [-0.15, -0.1) is 0 Å². The molecule has 0 aromatic rings. The number of hydrogen-bond donors (Lipinski definition) is 0. The van der Waals surface area contributed by atoms with Crippen molar-refractivity contribution in [3.05, 3.63) is 0 Å². The molecule has 130 valence electrons. The lowest BCUT2D eigenvalue weighted by Crippen LogP contribution is -2.25. The summed E-state index contributed by atoms with van der Waals surface area (Å²) in [6.45, 7) is 13.7. The fourth-order valence-electron chi connectivity index (χ4n) is 3.81. The minimum atomic E-state index is 0.410. The minimum absolute atomic E-state index is 0.410. The lowest BCUT2D eigenvalue weighted by molar-refractivity contribution is 0.0346. The second-order valence-electron chi connectivity index (χ2n) is 7.24. The molecule has 0 saturated carbocycles. The molecule has 0 aromatic carbocycles. The first-order valence-corrected chi connectivity index (χ1v) is 9.26. The van der Waals surface area contributed by atoms with E-state index in [0.717, 1.165) is 25.0 Å². The van der Waals surface area contributed by atoms with Crippen molar-refractivity contribution in [3.8, 4) is 0 Å². The number of rotatable bonds is 10. The highest BCUT2D eigenvalue weighted by molar-refractivity contribution is 4.76. The highest BCUT2D eigenvalue weighted by Crippen LogP contribution is 2.19. The normalized spacial score (nSPS) is 28.5. The molecular formula is C18H36N2O2. The number of ether oxygens (including phenoxy) is 2. The van der Waals surface area contributed by atoms with E-state index in [1.54, 1.807) is 0 Å². The number of likely N-dealkylation sites (tertiary alicyclic amines) is 2. The van der Waals surface area contributed by atoms with E-state index in [4.69, 9.17) is 9.47 Å². The maximum Gasteiger partial charge on any atom is 0.0547 e. The Morgan fingerprint density at radius 3 is 2.41 bits per heavy atom. The summed E-state index contributed by atoms with van der Waals surface area (Å²) in [6, 6.07) is 0. The van der Waals surface area contributed by atoms with Crippen molar-refractivity contribution in [1.29, 1.82) is 0 Å². The molecule has 2 aliphatic rings. The first-order chi connectivity index (χ1) is 10.7. The molecule has 22 heavy (non-hydrogen) atoms. The van der Waals surface area contributed by atoms with Crippen molar-refractivity contribution in [2.45, 2.75) is 45.6 Å². The van der Waals surface area contributed by atoms with Crippen molar-refractivity contribution in [2.75, 3.05) is 59.6 Å². The zero-order valence-corrected chi connectivity index (χ0v) is 14.9. The van der Waals surface area contributed by atoms with Gasteiger partial charge in [-0.1, -0.05) is 6.92 Å². The lowest BCUT2D eigenvalue weighted by Gasteiger charge is -2.19. The van der Waals surface area contributed by atoms with Crippen molar-refractivity contribution < 1.29 is 9.47 Å². The molecule has 3 atom stereocenters. The Balaban J connectivity index is 1.49. The van der Waals surface area contributed by atoms with Gasteiger partial charge in [0.15, 0.2) is 0 Å². The molecule has 2 fully saturated rings. The third-order valence-corrected chi connectivity index (χ3v) is 5.29. The van der Waals surface area contributed by atoms with Gasteiger partial charge in [0.2, 0.25) is 0 Å². The first-order valence-electron chi connectivity index (χ1n) is 9.26. The quantitative estimate of drug-likeness (QED) is 0.619. The van der Waals surface area contributed by atoms with Crippen molar-refractivity contribution in [3.63, 3.8) is 0 Å². The molecule has 2 unspecified atom stereocenters. The number of nitrogens with zero attached hydrogens (tertiary/aromatic N) is 2. The van der Waals surface area contributed by atoms with Crippen LogP contribution in [0.25, 0.3) is 0 Å². The molecule has 0 spiro atoms. The maximum absolute atomic E-state index is 6.08. The third kappa shape index (κ3) is 6.15. The van der Waals surface area contributed by atoms with Gasteiger partial charge in [-0.2, -0.15) is 0 Å². The van der Waals surface area contributed by atoms with E-state index >= 15 is 0 Å². The Bertz CT molecular complexity index is 301. The summed E-state index contributed by atoms with van der Waals surface area (Å²) >= 11 is 0. The standard InChI is InChI=1S/C18H36N2O2/c1-4-19-10-7-18(12-19)15-22-16(2)6-5-9-20-11-8-17(13-20)14-21-3/h16-18H,4-15H2,1-3H3/t16?,17?,18-/m1/s1. The smallest absolute Gasteiger partial charge is 0.0547 e. The summed E-state index contributed by atoms with van der Waals surface area (Å²) in [4.78, 5) is 5.12. The van der Waals surface area contributed by atoms with Crippen LogP contribution in [0.15, 0.2) is 0 Å². The molecule has 2 rings (SSSR count). The molecule has 0 radical (unpaired) electrons. The molecule has 4 nitrogen and oxygen atoms in total. The summed E-state index contributed by atoms with van der Waals surface area (Å²) in [5.41, 5.74) is 0. The van der Waals surface area contributed by atoms with Crippen molar-refractivity contribution in [1.82, 2.24) is 9.80 Å². The van der Waals surface area contributed by atoms with Crippen LogP contribution in [0.3, 0.4) is 0 Å². The molecule has 2 saturated heterocycles. The van der Waals surface area contributed by atoms with Crippen LogP contribution < -0.4 is 0 Å². The van der Waals surface area contributed by atoms with E-state index < -0.39 is 0 Å². The van der Waals surface area contributed by atoms with E-state index in [0.29, 0.717) is 6.10 Å². The van der Waals surface area contributed by atoms with E-state index in [1.807, 2.05) is 7.11 Å². The zero-order chi connectivity index (χ0) is 15.8. The van der Waals surface area contributed by atoms with E-state index in [2.05, 4.69) is 23.6 Å². The van der Waals surface area contributed by atoms with E-state index in [9.17, 15) is 0 Å². The van der Waals surface area contributed by atoms with Gasteiger partial charge in [-0.25, -0.2) is 0 Å². The topological polar surface area (TPSA) is 24.9 Å². The molecule has 2 aliphatic heterocycles. The molecular weight excluding hydrogens is 276 g/mol. The summed E-state index contributed by atoms with van der Waals surface area (Å²) in [6.07, 6.45) is 5.47. The average molecular weight is 312 g/mol. The van der Waals surface area contributed by atoms with Gasteiger partial charge in [0, 0.05) is 20.2 Å².